The fourth-order valence-electron chi connectivity index (χ4n) is 2.53. The largest absolute Gasteiger partial charge is 0.465 e. The molecule has 4 nitrogen and oxygen atoms in total. The van der Waals surface area contributed by atoms with Crippen molar-refractivity contribution in [3.63, 3.8) is 0 Å². The molecule has 2 bridgehead atoms. The van der Waals surface area contributed by atoms with Gasteiger partial charge >= 0.3 is 6.09 Å². The van der Waals surface area contributed by atoms with E-state index in [1.807, 2.05) is 0 Å². The molecule has 3 N–H and O–H groups in total. The molecule has 2 heterocycles. The van der Waals surface area contributed by atoms with E-state index in [0.717, 1.165) is 25.7 Å². The zero-order chi connectivity index (χ0) is 8.72. The van der Waals surface area contributed by atoms with Crippen molar-refractivity contribution < 1.29 is 9.90 Å². The second-order valence-corrected chi connectivity index (χ2v) is 3.81. The van der Waals surface area contributed by atoms with E-state index >= 15 is 0 Å². The molecule has 1 amide bonds. The van der Waals surface area contributed by atoms with Crippen LogP contribution in [0.15, 0.2) is 0 Å². The average Bonchev–Trinajstić information content (AvgIpc) is 2.24. The van der Waals surface area contributed by atoms with Crippen molar-refractivity contribution >= 4 is 6.09 Å². The van der Waals surface area contributed by atoms with Gasteiger partial charge < -0.3 is 15.7 Å². The van der Waals surface area contributed by atoms with E-state index in [1.165, 1.54) is 0 Å². The fraction of sp³-hybridized carbons (Fsp3) is 0.875. The summed E-state index contributed by atoms with van der Waals surface area (Å²) >= 11 is 0. The van der Waals surface area contributed by atoms with E-state index < -0.39 is 6.09 Å². The summed E-state index contributed by atoms with van der Waals surface area (Å²) in [5, 5.41) is 8.89. The van der Waals surface area contributed by atoms with Crippen LogP contribution in [0.2, 0.25) is 0 Å². The van der Waals surface area contributed by atoms with Crippen LogP contribution in [-0.4, -0.2) is 34.2 Å². The molecule has 0 aromatic heterocycles. The van der Waals surface area contributed by atoms with E-state index in [9.17, 15) is 4.79 Å². The van der Waals surface area contributed by atoms with Crippen LogP contribution in [0.1, 0.15) is 25.7 Å². The van der Waals surface area contributed by atoms with Crippen molar-refractivity contribution in [2.45, 2.75) is 43.8 Å². The number of carboxylic acid groups (broad SMARTS) is 1. The molecule has 0 saturated carbocycles. The highest BCUT2D eigenvalue weighted by molar-refractivity contribution is 5.66. The van der Waals surface area contributed by atoms with E-state index in [-0.39, 0.29) is 18.1 Å². The molecule has 0 spiro atoms. The quantitative estimate of drug-likeness (QED) is 0.560. The number of amides is 1. The lowest BCUT2D eigenvalue weighted by Gasteiger charge is -2.35. The van der Waals surface area contributed by atoms with Crippen molar-refractivity contribution in [1.29, 1.82) is 0 Å². The topological polar surface area (TPSA) is 66.6 Å². The normalized spacial score (nSPS) is 40.1. The maximum Gasteiger partial charge on any atom is 0.407 e. The summed E-state index contributed by atoms with van der Waals surface area (Å²) in [5.74, 6) is 0. The highest BCUT2D eigenvalue weighted by Crippen LogP contribution is 2.34. The van der Waals surface area contributed by atoms with Gasteiger partial charge in [0.2, 0.25) is 0 Å². The minimum atomic E-state index is -0.769. The van der Waals surface area contributed by atoms with Crippen LogP contribution < -0.4 is 5.73 Å². The van der Waals surface area contributed by atoms with Gasteiger partial charge in [-0.25, -0.2) is 4.79 Å². The third-order valence-electron chi connectivity index (χ3n) is 2.99. The van der Waals surface area contributed by atoms with Crippen molar-refractivity contribution in [2.24, 2.45) is 5.73 Å². The Morgan fingerprint density at radius 3 is 2.25 bits per heavy atom. The minimum absolute atomic E-state index is 0.205. The molecule has 4 heteroatoms. The maximum absolute atomic E-state index is 10.8. The molecule has 2 fully saturated rings. The van der Waals surface area contributed by atoms with Crippen molar-refractivity contribution in [1.82, 2.24) is 4.90 Å². The van der Waals surface area contributed by atoms with Crippen LogP contribution in [-0.2, 0) is 0 Å². The molecule has 12 heavy (non-hydrogen) atoms. The van der Waals surface area contributed by atoms with Gasteiger partial charge in [-0.3, -0.25) is 0 Å². The van der Waals surface area contributed by atoms with Crippen LogP contribution in [0.5, 0.6) is 0 Å². The van der Waals surface area contributed by atoms with Crippen LogP contribution in [0.25, 0.3) is 0 Å². The van der Waals surface area contributed by atoms with Gasteiger partial charge in [0.05, 0.1) is 0 Å². The molecular weight excluding hydrogens is 156 g/mol. The smallest absolute Gasteiger partial charge is 0.407 e. The molecule has 2 unspecified atom stereocenters. The molecule has 2 aliphatic rings. The maximum atomic E-state index is 10.8. The van der Waals surface area contributed by atoms with Gasteiger partial charge in [0.1, 0.15) is 0 Å². The summed E-state index contributed by atoms with van der Waals surface area (Å²) in [6.45, 7) is 0. The van der Waals surface area contributed by atoms with Gasteiger partial charge in [-0.1, -0.05) is 0 Å². The third-order valence-corrected chi connectivity index (χ3v) is 2.99. The molecule has 0 aromatic rings. The second-order valence-electron chi connectivity index (χ2n) is 3.81. The van der Waals surface area contributed by atoms with Crippen molar-refractivity contribution in [2.75, 3.05) is 0 Å². The van der Waals surface area contributed by atoms with E-state index in [0.29, 0.717) is 0 Å². The van der Waals surface area contributed by atoms with E-state index in [4.69, 9.17) is 10.8 Å². The first-order valence-electron chi connectivity index (χ1n) is 4.45. The zero-order valence-electron chi connectivity index (χ0n) is 6.94. The Morgan fingerprint density at radius 2 is 1.83 bits per heavy atom. The number of hydrogen-bond donors (Lipinski definition) is 2. The molecule has 3 atom stereocenters. The SMILES string of the molecule is NC1CC2CC[C@@H](C1)N2C(=O)O. The molecule has 2 saturated heterocycles. The number of nitrogens with zero attached hydrogens (tertiary/aromatic N) is 1. The van der Waals surface area contributed by atoms with Crippen molar-refractivity contribution in [3.05, 3.63) is 0 Å². The number of rotatable bonds is 0. The molecule has 0 aliphatic carbocycles. The average molecular weight is 170 g/mol. The second kappa shape index (κ2) is 2.62. The third kappa shape index (κ3) is 1.06. The van der Waals surface area contributed by atoms with Crippen LogP contribution >= 0.6 is 0 Å². The Bertz CT molecular complexity index is 193. The van der Waals surface area contributed by atoms with Crippen molar-refractivity contribution in [3.8, 4) is 0 Å². The number of carbonyl (C=O) groups is 1. The van der Waals surface area contributed by atoms with Gasteiger partial charge in [0.15, 0.2) is 0 Å². The Kier molecular flexibility index (Phi) is 1.72. The summed E-state index contributed by atoms with van der Waals surface area (Å²) in [4.78, 5) is 12.4. The zero-order valence-corrected chi connectivity index (χ0v) is 6.94. The summed E-state index contributed by atoms with van der Waals surface area (Å²) in [5.41, 5.74) is 5.80. The van der Waals surface area contributed by atoms with Crippen LogP contribution in [0.3, 0.4) is 0 Å². The first-order valence-corrected chi connectivity index (χ1v) is 4.45. The number of nitrogens with two attached hydrogens (primary N) is 1. The van der Waals surface area contributed by atoms with E-state index in [1.54, 1.807) is 4.90 Å². The summed E-state index contributed by atoms with van der Waals surface area (Å²) in [7, 11) is 0. The number of hydrogen-bond acceptors (Lipinski definition) is 2. The lowest BCUT2D eigenvalue weighted by molar-refractivity contribution is 0.0973. The minimum Gasteiger partial charge on any atom is -0.465 e. The fourth-order valence-corrected chi connectivity index (χ4v) is 2.53. The van der Waals surface area contributed by atoms with Gasteiger partial charge in [-0.2, -0.15) is 0 Å². The van der Waals surface area contributed by atoms with Gasteiger partial charge in [0, 0.05) is 18.1 Å². The van der Waals surface area contributed by atoms with Gasteiger partial charge in [-0.15, -0.1) is 0 Å². The highest BCUT2D eigenvalue weighted by atomic mass is 16.4. The predicted molar refractivity (Wildman–Crippen MR) is 43.9 cm³/mol. The summed E-state index contributed by atoms with van der Waals surface area (Å²) < 4.78 is 0. The predicted octanol–water partition coefficient (Wildman–Crippen LogP) is 0.618. The Labute approximate surface area is 71.3 Å². The van der Waals surface area contributed by atoms with Crippen LogP contribution in [0.4, 0.5) is 4.79 Å². The molecule has 2 aliphatic heterocycles. The molecule has 68 valence electrons. The first kappa shape index (κ1) is 7.86. The van der Waals surface area contributed by atoms with Gasteiger partial charge in [0.25, 0.3) is 0 Å². The molecule has 2 rings (SSSR count). The standard InChI is InChI=1S/C8H14N2O2/c9-5-3-6-1-2-7(4-5)10(6)8(11)12/h5-7H,1-4,9H2,(H,11,12)/t5?,6-,7?/m0/s1. The first-order chi connectivity index (χ1) is 5.68. The Morgan fingerprint density at radius 1 is 1.33 bits per heavy atom. The Hall–Kier alpha value is -0.770. The number of fused-ring (bicyclic) bond motifs is 2. The molecule has 0 radical (unpaired) electrons. The van der Waals surface area contributed by atoms with Crippen LogP contribution in [0, 0.1) is 0 Å². The molecule has 0 aromatic carbocycles. The lowest BCUT2D eigenvalue weighted by Crippen LogP contribution is -2.49. The monoisotopic (exact) mass is 170 g/mol. The highest BCUT2D eigenvalue weighted by Gasteiger charge is 2.42. The molecular formula is C8H14N2O2. The summed E-state index contributed by atoms with van der Waals surface area (Å²) in [6.07, 6.45) is 2.94. The number of piperidine rings is 1. The van der Waals surface area contributed by atoms with Gasteiger partial charge in [-0.05, 0) is 25.7 Å². The lowest BCUT2D eigenvalue weighted by atomic mass is 9.99. The summed E-state index contributed by atoms with van der Waals surface area (Å²) in [6, 6.07) is 0.630. The Balaban J connectivity index is 2.14. The van der Waals surface area contributed by atoms with E-state index in [2.05, 4.69) is 0 Å².